The normalized spacial score (nSPS) is 11.9. The van der Waals surface area contributed by atoms with E-state index in [4.69, 9.17) is 0 Å². The number of carbonyl (C=O) groups excluding carboxylic acids is 1. The van der Waals surface area contributed by atoms with Crippen LogP contribution in [0.4, 0.5) is 5.95 Å². The minimum absolute atomic E-state index is 0.0746. The summed E-state index contributed by atoms with van der Waals surface area (Å²) < 4.78 is 1.56. The third-order valence-electron chi connectivity index (χ3n) is 2.76. The molecule has 106 valence electrons. The summed E-state index contributed by atoms with van der Waals surface area (Å²) in [6.07, 6.45) is 0.903. The summed E-state index contributed by atoms with van der Waals surface area (Å²) in [7, 11) is 0. The molecule has 1 atom stereocenters. The number of aromatic nitrogens is 4. The zero-order valence-corrected chi connectivity index (χ0v) is 11.6. The van der Waals surface area contributed by atoms with Crippen LogP contribution in [0.15, 0.2) is 30.3 Å². The number of nitrogens with one attached hydrogen (secondary N) is 2. The number of tetrazole rings is 1. The zero-order chi connectivity index (χ0) is 14.4. The van der Waals surface area contributed by atoms with Crippen molar-refractivity contribution in [1.82, 2.24) is 25.5 Å². The van der Waals surface area contributed by atoms with Gasteiger partial charge in [0.25, 0.3) is 0 Å². The van der Waals surface area contributed by atoms with Crippen LogP contribution in [0.3, 0.4) is 0 Å². The van der Waals surface area contributed by atoms with Gasteiger partial charge < -0.3 is 10.6 Å². The highest BCUT2D eigenvalue weighted by Crippen LogP contribution is 2.11. The Morgan fingerprint density at radius 2 is 2.10 bits per heavy atom. The number of hydrogen-bond donors (Lipinski definition) is 2. The lowest BCUT2D eigenvalue weighted by molar-refractivity contribution is -0.121. The van der Waals surface area contributed by atoms with Crippen molar-refractivity contribution in [2.24, 2.45) is 0 Å². The number of rotatable bonds is 6. The number of hydrogen-bond acceptors (Lipinski definition) is 5. The van der Waals surface area contributed by atoms with E-state index in [-0.39, 0.29) is 5.91 Å². The zero-order valence-electron chi connectivity index (χ0n) is 11.6. The van der Waals surface area contributed by atoms with E-state index in [9.17, 15) is 4.79 Å². The fourth-order valence-electron chi connectivity index (χ4n) is 1.68. The summed E-state index contributed by atoms with van der Waals surface area (Å²) in [6, 6.07) is 9.10. The number of benzene rings is 1. The molecule has 0 spiro atoms. The number of nitrogens with zero attached hydrogens (tertiary/aromatic N) is 4. The lowest BCUT2D eigenvalue weighted by Gasteiger charge is -2.14. The predicted molar refractivity (Wildman–Crippen MR) is 75.5 cm³/mol. The Labute approximate surface area is 117 Å². The van der Waals surface area contributed by atoms with Crippen molar-refractivity contribution >= 4 is 11.9 Å². The van der Waals surface area contributed by atoms with Crippen LogP contribution >= 0.6 is 0 Å². The van der Waals surface area contributed by atoms with Gasteiger partial charge in [0.1, 0.15) is 6.04 Å². The fraction of sp³-hybridized carbons (Fsp3) is 0.385. The summed E-state index contributed by atoms with van der Waals surface area (Å²) in [6.45, 7) is 4.44. The van der Waals surface area contributed by atoms with E-state index in [1.807, 2.05) is 37.3 Å². The maximum Gasteiger partial charge on any atom is 0.248 e. The van der Waals surface area contributed by atoms with E-state index in [0.717, 1.165) is 12.1 Å². The Hall–Kier alpha value is -2.44. The van der Waals surface area contributed by atoms with Crippen molar-refractivity contribution < 1.29 is 4.79 Å². The largest absolute Gasteiger partial charge is 0.354 e. The van der Waals surface area contributed by atoms with E-state index in [1.54, 1.807) is 11.6 Å². The average Bonchev–Trinajstić information content (AvgIpc) is 2.93. The van der Waals surface area contributed by atoms with E-state index in [2.05, 4.69) is 26.2 Å². The first-order valence-corrected chi connectivity index (χ1v) is 6.60. The number of anilines is 1. The second-order valence-electron chi connectivity index (χ2n) is 4.41. The van der Waals surface area contributed by atoms with Crippen molar-refractivity contribution in [2.45, 2.75) is 26.3 Å². The van der Waals surface area contributed by atoms with Crippen molar-refractivity contribution in [3.05, 3.63) is 30.3 Å². The molecule has 1 amide bonds. The molecule has 1 aromatic carbocycles. The summed E-state index contributed by atoms with van der Waals surface area (Å²) >= 11 is 0. The van der Waals surface area contributed by atoms with Crippen molar-refractivity contribution in [1.29, 1.82) is 0 Å². The van der Waals surface area contributed by atoms with Gasteiger partial charge in [-0.15, -0.1) is 0 Å². The van der Waals surface area contributed by atoms with Gasteiger partial charge in [-0.25, -0.2) is 0 Å². The second kappa shape index (κ2) is 6.65. The Bertz CT molecular complexity index is 553. The molecule has 7 nitrogen and oxygen atoms in total. The number of para-hydroxylation sites is 1. The summed E-state index contributed by atoms with van der Waals surface area (Å²) in [5.74, 6) is 0.366. The van der Waals surface area contributed by atoms with E-state index >= 15 is 0 Å². The minimum atomic E-state index is -0.407. The Kier molecular flexibility index (Phi) is 4.65. The van der Waals surface area contributed by atoms with Crippen molar-refractivity contribution in [3.63, 3.8) is 0 Å². The first kappa shape index (κ1) is 14.0. The molecular weight excluding hydrogens is 256 g/mol. The van der Waals surface area contributed by atoms with Crippen LogP contribution in [0.5, 0.6) is 0 Å². The van der Waals surface area contributed by atoms with Crippen molar-refractivity contribution in [2.75, 3.05) is 11.9 Å². The maximum atomic E-state index is 11.8. The molecule has 0 fully saturated rings. The Morgan fingerprint density at radius 1 is 1.35 bits per heavy atom. The van der Waals surface area contributed by atoms with Crippen LogP contribution in [-0.2, 0) is 4.79 Å². The van der Waals surface area contributed by atoms with Crippen LogP contribution < -0.4 is 10.6 Å². The molecule has 0 radical (unpaired) electrons. The van der Waals surface area contributed by atoms with Crippen LogP contribution in [0.25, 0.3) is 5.69 Å². The van der Waals surface area contributed by atoms with Gasteiger partial charge in [0.15, 0.2) is 0 Å². The van der Waals surface area contributed by atoms with Gasteiger partial charge in [0.2, 0.25) is 11.9 Å². The molecule has 2 N–H and O–H groups in total. The van der Waals surface area contributed by atoms with Gasteiger partial charge in [-0.1, -0.05) is 30.2 Å². The third kappa shape index (κ3) is 3.31. The Morgan fingerprint density at radius 3 is 2.80 bits per heavy atom. The first-order valence-electron chi connectivity index (χ1n) is 6.60. The second-order valence-corrected chi connectivity index (χ2v) is 4.41. The predicted octanol–water partition coefficient (Wildman–Crippen LogP) is 0.989. The molecule has 1 unspecified atom stereocenters. The van der Waals surface area contributed by atoms with Gasteiger partial charge in [0.05, 0.1) is 5.69 Å². The molecule has 0 saturated heterocycles. The monoisotopic (exact) mass is 274 g/mol. The van der Waals surface area contributed by atoms with Crippen molar-refractivity contribution in [3.8, 4) is 5.69 Å². The molecule has 0 aliphatic rings. The molecule has 2 rings (SSSR count). The molecule has 0 aliphatic carbocycles. The van der Waals surface area contributed by atoms with Crippen LogP contribution in [-0.4, -0.2) is 38.7 Å². The molecule has 0 saturated carbocycles. The lowest BCUT2D eigenvalue weighted by atomic mass is 10.3. The van der Waals surface area contributed by atoms with Crippen LogP contribution in [0, 0.1) is 0 Å². The number of amides is 1. The van der Waals surface area contributed by atoms with E-state index in [0.29, 0.717) is 12.5 Å². The molecule has 20 heavy (non-hydrogen) atoms. The standard InChI is InChI=1S/C13H18N6O/c1-3-9-14-12(20)10(2)15-13-16-17-18-19(13)11-7-5-4-6-8-11/h4-8,10H,3,9H2,1-2H3,(H,14,20)(H,15,16,18). The highest BCUT2D eigenvalue weighted by Gasteiger charge is 2.16. The molecule has 0 aliphatic heterocycles. The molecule has 1 heterocycles. The molecule has 0 bridgehead atoms. The molecular formula is C13H18N6O. The SMILES string of the molecule is CCCNC(=O)C(C)Nc1nnnn1-c1ccccc1. The van der Waals surface area contributed by atoms with Gasteiger partial charge >= 0.3 is 0 Å². The fourth-order valence-corrected chi connectivity index (χ4v) is 1.68. The van der Waals surface area contributed by atoms with E-state index in [1.165, 1.54) is 0 Å². The van der Waals surface area contributed by atoms with Gasteiger partial charge in [-0.2, -0.15) is 4.68 Å². The van der Waals surface area contributed by atoms with E-state index < -0.39 is 6.04 Å². The average molecular weight is 274 g/mol. The third-order valence-corrected chi connectivity index (χ3v) is 2.76. The molecule has 1 aromatic heterocycles. The minimum Gasteiger partial charge on any atom is -0.354 e. The van der Waals surface area contributed by atoms with Gasteiger partial charge in [-0.3, -0.25) is 4.79 Å². The van der Waals surface area contributed by atoms with Crippen LogP contribution in [0.2, 0.25) is 0 Å². The van der Waals surface area contributed by atoms with Gasteiger partial charge in [0, 0.05) is 6.54 Å². The summed E-state index contributed by atoms with van der Waals surface area (Å²) in [5.41, 5.74) is 0.834. The molecule has 7 heteroatoms. The smallest absolute Gasteiger partial charge is 0.248 e. The lowest BCUT2D eigenvalue weighted by Crippen LogP contribution is -2.38. The summed E-state index contributed by atoms with van der Waals surface area (Å²) in [4.78, 5) is 11.8. The highest BCUT2D eigenvalue weighted by atomic mass is 16.2. The first-order chi connectivity index (χ1) is 9.72. The Balaban J connectivity index is 2.08. The van der Waals surface area contributed by atoms with Gasteiger partial charge in [-0.05, 0) is 35.9 Å². The summed E-state index contributed by atoms with van der Waals surface area (Å²) in [5, 5.41) is 17.3. The highest BCUT2D eigenvalue weighted by molar-refractivity contribution is 5.83. The maximum absolute atomic E-state index is 11.8. The topological polar surface area (TPSA) is 84.7 Å². The molecule has 2 aromatic rings. The van der Waals surface area contributed by atoms with Crippen LogP contribution in [0.1, 0.15) is 20.3 Å². The quantitative estimate of drug-likeness (QED) is 0.820. The number of carbonyl (C=O) groups is 1.